The number of hydrogen-bond acceptors (Lipinski definition) is 15. The Balaban J connectivity index is -0.000000218. The Hall–Kier alpha value is -5.79. The van der Waals surface area contributed by atoms with Crippen molar-refractivity contribution < 1.29 is 110 Å². The molecule has 4 heterocycles. The average Bonchev–Trinajstić information content (AvgIpc) is 3.15. The second kappa shape index (κ2) is 30.3. The molecule has 333 valence electrons. The van der Waals surface area contributed by atoms with E-state index in [-0.39, 0.29) is 89.0 Å². The fourth-order valence-corrected chi connectivity index (χ4v) is 5.57. The van der Waals surface area contributed by atoms with E-state index in [9.17, 15) is 25.9 Å². The summed E-state index contributed by atoms with van der Waals surface area (Å²) in [7, 11) is -8.65. The Bertz CT molecular complexity index is 2460. The van der Waals surface area contributed by atoms with Crippen molar-refractivity contribution >= 4 is 75.2 Å². The van der Waals surface area contributed by atoms with Gasteiger partial charge in [-0.15, -0.1) is 0 Å². The molecule has 0 aliphatic rings. The van der Waals surface area contributed by atoms with Gasteiger partial charge in [0.05, 0.1) is 36.9 Å². The van der Waals surface area contributed by atoms with E-state index in [1.165, 1.54) is 48.5 Å². The normalized spacial score (nSPS) is 9.32. The van der Waals surface area contributed by atoms with Gasteiger partial charge in [-0.05, 0) is 72.8 Å². The zero-order valence-electron chi connectivity index (χ0n) is 32.0. The van der Waals surface area contributed by atoms with Crippen LogP contribution in [0.3, 0.4) is 0 Å². The van der Waals surface area contributed by atoms with E-state index in [0.29, 0.717) is 11.4 Å². The van der Waals surface area contributed by atoms with Gasteiger partial charge in [0, 0.05) is 57.7 Å². The predicted octanol–water partition coefficient (Wildman–Crippen LogP) is -0.392. The third kappa shape index (κ3) is 19.7. The topological polar surface area (TPSA) is 509 Å². The molecule has 4 aromatic carbocycles. The molecule has 0 aliphatic carbocycles. The molecule has 0 bridgehead atoms. The fraction of sp³-hybridized carbons (Fsp3) is 0. The van der Waals surface area contributed by atoms with Crippen molar-refractivity contribution in [1.29, 1.82) is 0 Å². The van der Waals surface area contributed by atoms with Crippen LogP contribution in [0.2, 0.25) is 0 Å². The molecule has 0 saturated heterocycles. The van der Waals surface area contributed by atoms with Crippen LogP contribution in [-0.4, -0.2) is 72.9 Å². The van der Waals surface area contributed by atoms with Crippen LogP contribution in [-0.2, 0) is 36.7 Å². The number of nitrogens with zero attached hydrogens (tertiary/aromatic N) is 5. The van der Waals surface area contributed by atoms with Gasteiger partial charge in [0.25, 0.3) is 0 Å². The number of rotatable bonds is 2. The van der Waals surface area contributed by atoms with Gasteiger partial charge >= 0.3 is 40.8 Å². The maximum atomic E-state index is 10.3. The van der Waals surface area contributed by atoms with E-state index in [0.717, 1.165) is 43.6 Å². The minimum Gasteiger partial charge on any atom is -0.744 e. The van der Waals surface area contributed by atoms with Crippen LogP contribution in [0.1, 0.15) is 0 Å². The number of aromatic nitrogens is 4. The van der Waals surface area contributed by atoms with E-state index in [1.54, 1.807) is 24.8 Å². The van der Waals surface area contributed by atoms with Gasteiger partial charge in [0.2, 0.25) is 0 Å². The van der Waals surface area contributed by atoms with Crippen LogP contribution in [0.25, 0.3) is 43.6 Å². The molecule has 0 fully saturated rings. The largest absolute Gasteiger partial charge is 3.00 e. The number of nitrogens with two attached hydrogens (primary N) is 2. The minimum absolute atomic E-state index is 0. The molecule has 0 aliphatic heterocycles. The number of nitrogen functional groups attached to an aromatic ring is 2. The Labute approximate surface area is 385 Å². The summed E-state index contributed by atoms with van der Waals surface area (Å²) in [6.45, 7) is 0. The van der Waals surface area contributed by atoms with Crippen LogP contribution < -0.4 is 11.5 Å². The molecule has 23 nitrogen and oxygen atoms in total. The van der Waals surface area contributed by atoms with Crippen LogP contribution in [0.4, 0.5) is 11.4 Å². The maximum Gasteiger partial charge on any atom is 3.00 e. The molecule has 8 aromatic rings. The van der Waals surface area contributed by atoms with Gasteiger partial charge < -0.3 is 74.2 Å². The Morgan fingerprint density at radius 3 is 0.790 bits per heavy atom. The fourth-order valence-electron chi connectivity index (χ4n) is 4.63. The zero-order chi connectivity index (χ0) is 39.3. The van der Waals surface area contributed by atoms with Crippen molar-refractivity contribution in [2.24, 2.45) is 0 Å². The van der Waals surface area contributed by atoms with E-state index >= 15 is 0 Å². The first-order chi connectivity index (χ1) is 25.6. The first kappa shape index (κ1) is 65.3. The second-order valence-corrected chi connectivity index (χ2v) is 13.5. The Kier molecular flexibility index (Phi) is 31.9. The van der Waals surface area contributed by atoms with E-state index in [2.05, 4.69) is 68.5 Å². The molecule has 0 unspecified atom stereocenters. The summed E-state index contributed by atoms with van der Waals surface area (Å²) in [4.78, 5) is 25.1. The van der Waals surface area contributed by atoms with Gasteiger partial charge in [-0.25, -0.2) is 16.8 Å². The number of pyridine rings is 4. The van der Waals surface area contributed by atoms with Crippen LogP contribution in [0.15, 0.2) is 156 Å². The van der Waals surface area contributed by atoms with Gasteiger partial charge in [-0.2, -0.15) is 0 Å². The molecule has 0 atom stereocenters. The molecule has 4 aromatic heterocycles. The smallest absolute Gasteiger partial charge is 0.744 e. The van der Waals surface area contributed by atoms with Crippen LogP contribution >= 0.6 is 0 Å². The summed E-state index contributed by atoms with van der Waals surface area (Å²) in [5.41, 5.74) is 15.3. The number of hydrogen-bond donors (Lipinski definition) is 2. The molecule has 8 rings (SSSR count). The summed E-state index contributed by atoms with van der Waals surface area (Å²) in [5.74, 6) is 0. The van der Waals surface area contributed by atoms with Gasteiger partial charge in [0.15, 0.2) is 0 Å². The summed E-state index contributed by atoms with van der Waals surface area (Å²) in [6.07, 6.45) is 7.21. The Morgan fingerprint density at radius 1 is 0.419 bits per heavy atom. The molecule has 0 spiro atoms. The van der Waals surface area contributed by atoms with E-state index < -0.39 is 25.3 Å². The third-order valence-electron chi connectivity index (χ3n) is 7.03. The van der Waals surface area contributed by atoms with Crippen molar-refractivity contribution in [1.82, 2.24) is 19.9 Å². The summed E-state index contributed by atoms with van der Waals surface area (Å²) in [5, 5.41) is 19.3. The van der Waals surface area contributed by atoms with Gasteiger partial charge in [0.1, 0.15) is 20.2 Å². The molecule has 1 radical (unpaired) electrons. The van der Waals surface area contributed by atoms with Crippen molar-refractivity contribution in [2.45, 2.75) is 9.79 Å². The molecule has 62 heavy (non-hydrogen) atoms. The quantitative estimate of drug-likeness (QED) is 0.0556. The molecule has 0 saturated carbocycles. The molecular weight excluding hydrogens is 995 g/mol. The molecule has 0 amide bonds. The minimum atomic E-state index is -4.33. The molecule has 21 N–H and O–H groups in total. The third-order valence-corrected chi connectivity index (χ3v) is 8.73. The number of benzene rings is 4. The summed E-state index contributed by atoms with van der Waals surface area (Å²) >= 11 is 0. The van der Waals surface area contributed by atoms with Crippen molar-refractivity contribution in [3.8, 4) is 0 Å². The second-order valence-electron chi connectivity index (χ2n) is 10.7. The SMILES string of the molecule is Nc1ccc(S(=O)(=O)[O-])cc1.Nc1ccc(S(=O)(=O)[O-])cc1.O.O.O.O.O=[N+]([O-])[O-].[Nd+3].[OH3+].[OH3+].[OH3+].c1cnc2c(c1)ccc1cccnc12.c1cnc2c(c1)ccc1cccnc12. The van der Waals surface area contributed by atoms with Crippen LogP contribution in [0.5, 0.6) is 0 Å². The average molecular weight is 1040 g/mol. The number of anilines is 2. The van der Waals surface area contributed by atoms with Crippen molar-refractivity contribution in [3.05, 3.63) is 161 Å². The Morgan fingerprint density at radius 2 is 0.613 bits per heavy atom. The van der Waals surface area contributed by atoms with Gasteiger partial charge in [-0.1, -0.05) is 48.5 Å². The summed E-state index contributed by atoms with van der Waals surface area (Å²) < 4.78 is 62.1. The molecular formula is C36H45N7NdO16S2+3. The molecule has 26 heteroatoms. The van der Waals surface area contributed by atoms with Crippen molar-refractivity contribution in [2.75, 3.05) is 11.5 Å². The first-order valence-electron chi connectivity index (χ1n) is 15.2. The zero-order valence-corrected chi connectivity index (χ0v) is 36.8. The standard InChI is InChI=1S/2C12H8N2.2C6H7NO3S.NO3.Nd.7H2O/c2*1-3-9-5-6-10-4-2-8-14-12(10)11(9)13-7-1;2*7-5-1-3-6(4-2-5)11(8,9)10;2-1(3)4;;;;;;;;/h2*1-8H;2*1-4H,7H2,(H,8,9,10);;;7*1H2/q;;;;-1;+3;;;;;;;/p+1. The monoisotopic (exact) mass is 1040 g/mol. The van der Waals surface area contributed by atoms with Crippen molar-refractivity contribution in [3.63, 3.8) is 0 Å². The predicted molar refractivity (Wildman–Crippen MR) is 231 cm³/mol. The summed E-state index contributed by atoms with van der Waals surface area (Å²) in [6, 6.07) is 34.5. The van der Waals surface area contributed by atoms with E-state index in [4.69, 9.17) is 26.8 Å². The number of fused-ring (bicyclic) bond motifs is 6. The van der Waals surface area contributed by atoms with Gasteiger partial charge in [-0.3, -0.25) is 19.9 Å². The van der Waals surface area contributed by atoms with Crippen LogP contribution in [0, 0.1) is 56.2 Å². The maximum absolute atomic E-state index is 10.3. The van der Waals surface area contributed by atoms with E-state index in [1.807, 2.05) is 24.3 Å². The first-order valence-corrected chi connectivity index (χ1v) is 18.1.